The quantitative estimate of drug-likeness (QED) is 0.914. The molecule has 2 aromatic heterocycles. The van der Waals surface area contributed by atoms with Gasteiger partial charge in [-0.05, 0) is 30.7 Å². The van der Waals surface area contributed by atoms with Crippen molar-refractivity contribution in [2.24, 2.45) is 5.92 Å². The summed E-state index contributed by atoms with van der Waals surface area (Å²) in [6, 6.07) is 6.73. The van der Waals surface area contributed by atoms with E-state index < -0.39 is 11.9 Å². The molecule has 2 aromatic rings. The molecule has 114 valence electrons. The summed E-state index contributed by atoms with van der Waals surface area (Å²) in [6.07, 6.45) is 4.69. The number of amides is 1. The van der Waals surface area contributed by atoms with Gasteiger partial charge in [0.2, 0.25) is 0 Å². The van der Waals surface area contributed by atoms with Crippen LogP contribution in [0.4, 0.5) is 5.82 Å². The molecule has 0 saturated carbocycles. The number of carbonyl (C=O) groups is 2. The van der Waals surface area contributed by atoms with Gasteiger partial charge < -0.3 is 5.11 Å². The van der Waals surface area contributed by atoms with Crippen molar-refractivity contribution in [2.45, 2.75) is 13.8 Å². The predicted molar refractivity (Wildman–Crippen MR) is 81.7 cm³/mol. The number of nitrogens with zero attached hydrogens (tertiary/aromatic N) is 3. The van der Waals surface area contributed by atoms with E-state index in [9.17, 15) is 9.59 Å². The second-order valence-corrected chi connectivity index (χ2v) is 5.08. The van der Waals surface area contributed by atoms with E-state index in [0.717, 1.165) is 5.56 Å². The molecule has 2 heterocycles. The number of aromatic nitrogens is 2. The summed E-state index contributed by atoms with van der Waals surface area (Å²) in [7, 11) is 0. The van der Waals surface area contributed by atoms with Gasteiger partial charge in [0, 0.05) is 30.7 Å². The number of aryl methyl sites for hydroxylation is 1. The number of anilines is 1. The van der Waals surface area contributed by atoms with Gasteiger partial charge in [-0.3, -0.25) is 19.5 Å². The Kier molecular flexibility index (Phi) is 4.83. The topological polar surface area (TPSA) is 83.4 Å². The fourth-order valence-electron chi connectivity index (χ4n) is 1.90. The van der Waals surface area contributed by atoms with Crippen LogP contribution >= 0.6 is 0 Å². The van der Waals surface area contributed by atoms with Crippen molar-refractivity contribution in [3.63, 3.8) is 0 Å². The van der Waals surface area contributed by atoms with Crippen LogP contribution in [-0.4, -0.2) is 33.5 Å². The molecule has 22 heavy (non-hydrogen) atoms. The Balaban J connectivity index is 2.34. The zero-order valence-corrected chi connectivity index (χ0v) is 12.4. The van der Waals surface area contributed by atoms with Crippen LogP contribution in [0.25, 0.3) is 0 Å². The van der Waals surface area contributed by atoms with Crippen LogP contribution in [0.3, 0.4) is 0 Å². The number of carboxylic acids is 1. The van der Waals surface area contributed by atoms with Crippen molar-refractivity contribution in [1.29, 1.82) is 0 Å². The number of hydrogen-bond donors (Lipinski definition) is 1. The lowest BCUT2D eigenvalue weighted by Gasteiger charge is -2.23. The molecule has 1 amide bonds. The van der Waals surface area contributed by atoms with Crippen LogP contribution in [0.1, 0.15) is 22.8 Å². The molecule has 1 unspecified atom stereocenters. The van der Waals surface area contributed by atoms with Crippen molar-refractivity contribution in [2.75, 3.05) is 11.4 Å². The van der Waals surface area contributed by atoms with E-state index in [1.54, 1.807) is 31.3 Å². The van der Waals surface area contributed by atoms with Gasteiger partial charge in [-0.2, -0.15) is 0 Å². The van der Waals surface area contributed by atoms with Crippen molar-refractivity contribution >= 4 is 17.7 Å². The predicted octanol–water partition coefficient (Wildman–Crippen LogP) is 2.15. The Morgan fingerprint density at radius 3 is 2.45 bits per heavy atom. The van der Waals surface area contributed by atoms with Crippen molar-refractivity contribution < 1.29 is 14.7 Å². The Hall–Kier alpha value is -2.76. The van der Waals surface area contributed by atoms with E-state index in [4.69, 9.17) is 5.11 Å². The lowest BCUT2D eigenvalue weighted by atomic mass is 10.1. The van der Waals surface area contributed by atoms with Gasteiger partial charge in [0.15, 0.2) is 0 Å². The summed E-state index contributed by atoms with van der Waals surface area (Å²) in [5.41, 5.74) is 1.40. The molecule has 1 atom stereocenters. The Morgan fingerprint density at radius 2 is 1.91 bits per heavy atom. The average Bonchev–Trinajstić information content (AvgIpc) is 2.53. The molecule has 6 nitrogen and oxygen atoms in total. The molecule has 0 aliphatic heterocycles. The van der Waals surface area contributed by atoms with Crippen molar-refractivity contribution in [3.05, 3.63) is 54.0 Å². The maximum atomic E-state index is 12.7. The largest absolute Gasteiger partial charge is 0.481 e. The molecule has 6 heteroatoms. The van der Waals surface area contributed by atoms with E-state index in [1.807, 2.05) is 13.0 Å². The highest BCUT2D eigenvalue weighted by Crippen LogP contribution is 2.17. The highest BCUT2D eigenvalue weighted by molar-refractivity contribution is 6.05. The van der Waals surface area contributed by atoms with E-state index in [-0.39, 0.29) is 12.5 Å². The Bertz CT molecular complexity index is 656. The first-order chi connectivity index (χ1) is 10.5. The molecular weight excluding hydrogens is 282 g/mol. The number of hydrogen-bond acceptors (Lipinski definition) is 4. The summed E-state index contributed by atoms with van der Waals surface area (Å²) < 4.78 is 0. The minimum Gasteiger partial charge on any atom is -0.481 e. The van der Waals surface area contributed by atoms with Crippen LogP contribution < -0.4 is 4.90 Å². The molecule has 1 N–H and O–H groups in total. The zero-order chi connectivity index (χ0) is 16.1. The van der Waals surface area contributed by atoms with Gasteiger partial charge in [-0.1, -0.05) is 13.0 Å². The number of carbonyl (C=O) groups excluding carboxylic acids is 1. The monoisotopic (exact) mass is 299 g/mol. The SMILES string of the molecule is Cc1ccc(N(CC(C)C(=O)O)C(=O)c2ccncc2)nc1. The fourth-order valence-corrected chi connectivity index (χ4v) is 1.90. The van der Waals surface area contributed by atoms with Gasteiger partial charge in [-0.25, -0.2) is 4.98 Å². The molecule has 0 aromatic carbocycles. The Morgan fingerprint density at radius 1 is 1.23 bits per heavy atom. The van der Waals surface area contributed by atoms with Crippen LogP contribution in [0.5, 0.6) is 0 Å². The minimum atomic E-state index is -0.959. The smallest absolute Gasteiger partial charge is 0.308 e. The van der Waals surface area contributed by atoms with Gasteiger partial charge >= 0.3 is 5.97 Å². The molecule has 0 aliphatic rings. The van der Waals surface area contributed by atoms with Crippen molar-refractivity contribution in [3.8, 4) is 0 Å². The van der Waals surface area contributed by atoms with E-state index >= 15 is 0 Å². The molecule has 0 saturated heterocycles. The third-order valence-electron chi connectivity index (χ3n) is 3.22. The maximum absolute atomic E-state index is 12.7. The lowest BCUT2D eigenvalue weighted by Crippen LogP contribution is -2.37. The molecular formula is C16H17N3O3. The first-order valence-corrected chi connectivity index (χ1v) is 6.86. The lowest BCUT2D eigenvalue weighted by molar-refractivity contribution is -0.140. The third kappa shape index (κ3) is 3.66. The summed E-state index contributed by atoms with van der Waals surface area (Å²) in [6.45, 7) is 3.50. The van der Waals surface area contributed by atoms with Crippen LogP contribution in [0.15, 0.2) is 42.9 Å². The summed E-state index contributed by atoms with van der Waals surface area (Å²) in [5, 5.41) is 9.11. The van der Waals surface area contributed by atoms with E-state index in [2.05, 4.69) is 9.97 Å². The highest BCUT2D eigenvalue weighted by Gasteiger charge is 2.23. The van der Waals surface area contributed by atoms with Crippen LogP contribution in [-0.2, 0) is 4.79 Å². The van der Waals surface area contributed by atoms with Crippen molar-refractivity contribution in [1.82, 2.24) is 9.97 Å². The Labute approximate surface area is 128 Å². The molecule has 0 spiro atoms. The van der Waals surface area contributed by atoms with Gasteiger partial charge in [-0.15, -0.1) is 0 Å². The summed E-state index contributed by atoms with van der Waals surface area (Å²) in [4.78, 5) is 33.3. The maximum Gasteiger partial charge on any atom is 0.308 e. The van der Waals surface area contributed by atoms with Crippen LogP contribution in [0.2, 0.25) is 0 Å². The zero-order valence-electron chi connectivity index (χ0n) is 12.4. The highest BCUT2D eigenvalue weighted by atomic mass is 16.4. The van der Waals surface area contributed by atoms with E-state index in [0.29, 0.717) is 11.4 Å². The first kappa shape index (κ1) is 15.6. The van der Waals surface area contributed by atoms with Gasteiger partial charge in [0.1, 0.15) is 5.82 Å². The number of aliphatic carboxylic acids is 1. The summed E-state index contributed by atoms with van der Waals surface area (Å²) >= 11 is 0. The molecule has 0 aliphatic carbocycles. The normalized spacial score (nSPS) is 11.7. The second-order valence-electron chi connectivity index (χ2n) is 5.08. The molecule has 2 rings (SSSR count). The fraction of sp³-hybridized carbons (Fsp3) is 0.250. The second kappa shape index (κ2) is 6.80. The number of pyridine rings is 2. The first-order valence-electron chi connectivity index (χ1n) is 6.86. The van der Waals surface area contributed by atoms with Crippen LogP contribution in [0, 0.1) is 12.8 Å². The molecule has 0 bridgehead atoms. The number of carboxylic acid groups (broad SMARTS) is 1. The van der Waals surface area contributed by atoms with Gasteiger partial charge in [0.05, 0.1) is 5.92 Å². The summed E-state index contributed by atoms with van der Waals surface area (Å²) in [5.74, 6) is -1.53. The van der Waals surface area contributed by atoms with E-state index in [1.165, 1.54) is 17.3 Å². The number of rotatable bonds is 5. The molecule has 0 radical (unpaired) electrons. The average molecular weight is 299 g/mol. The molecule has 0 fully saturated rings. The minimum absolute atomic E-state index is 0.0482. The van der Waals surface area contributed by atoms with Gasteiger partial charge in [0.25, 0.3) is 5.91 Å². The third-order valence-corrected chi connectivity index (χ3v) is 3.22. The standard InChI is InChI=1S/C16H17N3O3/c1-11-3-4-14(18-9-11)19(10-12(2)16(21)22)15(20)13-5-7-17-8-6-13/h3-9,12H,10H2,1-2H3,(H,21,22).